The summed E-state index contributed by atoms with van der Waals surface area (Å²) < 4.78 is 5.67. The highest BCUT2D eigenvalue weighted by molar-refractivity contribution is 5.93. The Labute approximate surface area is 134 Å². The van der Waals surface area contributed by atoms with Crippen molar-refractivity contribution in [2.75, 3.05) is 11.4 Å². The number of carbonyl (C=O) groups is 1. The number of hydrogen-bond donors (Lipinski definition) is 1. The Kier molecular flexibility index (Phi) is 3.97. The summed E-state index contributed by atoms with van der Waals surface area (Å²) >= 11 is 0. The number of nitrogens with zero attached hydrogens (tertiary/aromatic N) is 3. The van der Waals surface area contributed by atoms with E-state index in [-0.39, 0.29) is 12.0 Å². The van der Waals surface area contributed by atoms with Crippen molar-refractivity contribution in [3.63, 3.8) is 0 Å². The molecule has 2 heterocycles. The largest absolute Gasteiger partial charge is 0.424 e. The van der Waals surface area contributed by atoms with Gasteiger partial charge in [0.25, 0.3) is 0 Å². The Morgan fingerprint density at radius 2 is 1.83 bits per heavy atom. The molecule has 1 aromatic carbocycles. The molecule has 0 unspecified atom stereocenters. The maximum atomic E-state index is 11.9. The van der Waals surface area contributed by atoms with Crippen LogP contribution in [-0.4, -0.2) is 22.5 Å². The Morgan fingerprint density at radius 3 is 2.43 bits per heavy atom. The van der Waals surface area contributed by atoms with E-state index in [1.54, 1.807) is 17.3 Å². The van der Waals surface area contributed by atoms with Gasteiger partial charge in [-0.15, -0.1) is 0 Å². The van der Waals surface area contributed by atoms with E-state index in [4.69, 9.17) is 4.74 Å². The predicted molar refractivity (Wildman–Crippen MR) is 87.7 cm³/mol. The number of rotatable bonds is 3. The van der Waals surface area contributed by atoms with Crippen molar-refractivity contribution in [3.8, 4) is 11.8 Å². The van der Waals surface area contributed by atoms with Crippen molar-refractivity contribution < 1.29 is 9.53 Å². The number of hydrogen-bond acceptors (Lipinski definition) is 4. The van der Waals surface area contributed by atoms with Crippen molar-refractivity contribution in [3.05, 3.63) is 54.0 Å². The third kappa shape index (κ3) is 3.48. The first kappa shape index (κ1) is 15.0. The molecule has 0 saturated carbocycles. The SMILES string of the molecule is C=C1CCN(c2cnc(Oc3cc(C)cc(C)c3)nc2)C(=O)N1. The molecular formula is C17H18N4O2. The molecule has 1 aliphatic rings. The molecular weight excluding hydrogens is 292 g/mol. The van der Waals surface area contributed by atoms with Crippen LogP contribution in [0.2, 0.25) is 0 Å². The van der Waals surface area contributed by atoms with E-state index in [1.807, 2.05) is 26.0 Å². The third-order valence-corrected chi connectivity index (χ3v) is 3.50. The summed E-state index contributed by atoms with van der Waals surface area (Å²) in [7, 11) is 0. The van der Waals surface area contributed by atoms with Crippen molar-refractivity contribution >= 4 is 11.7 Å². The van der Waals surface area contributed by atoms with Crippen LogP contribution in [0.5, 0.6) is 11.8 Å². The van der Waals surface area contributed by atoms with Gasteiger partial charge in [-0.3, -0.25) is 4.90 Å². The van der Waals surface area contributed by atoms with Gasteiger partial charge in [-0.1, -0.05) is 12.6 Å². The second kappa shape index (κ2) is 6.08. The Bertz CT molecular complexity index is 735. The monoisotopic (exact) mass is 310 g/mol. The maximum absolute atomic E-state index is 11.9. The fourth-order valence-corrected chi connectivity index (χ4v) is 2.47. The van der Waals surface area contributed by atoms with Gasteiger partial charge in [0.1, 0.15) is 5.75 Å². The van der Waals surface area contributed by atoms with Crippen LogP contribution in [0.4, 0.5) is 10.5 Å². The number of benzene rings is 1. The summed E-state index contributed by atoms with van der Waals surface area (Å²) in [5, 5.41) is 2.70. The second-order valence-corrected chi connectivity index (χ2v) is 5.58. The van der Waals surface area contributed by atoms with Crippen LogP contribution in [0.25, 0.3) is 0 Å². The second-order valence-electron chi connectivity index (χ2n) is 5.58. The maximum Gasteiger partial charge on any atom is 0.326 e. The highest BCUT2D eigenvalue weighted by Gasteiger charge is 2.21. The highest BCUT2D eigenvalue weighted by Crippen LogP contribution is 2.23. The lowest BCUT2D eigenvalue weighted by molar-refractivity contribution is 0.246. The van der Waals surface area contributed by atoms with E-state index in [1.165, 1.54) is 0 Å². The van der Waals surface area contributed by atoms with Crippen LogP contribution in [0.3, 0.4) is 0 Å². The third-order valence-electron chi connectivity index (χ3n) is 3.50. The van der Waals surface area contributed by atoms with Gasteiger partial charge in [0, 0.05) is 18.7 Å². The standard InChI is InChI=1S/C17H18N4O2/c1-11-6-12(2)8-15(7-11)23-16-18-9-14(10-19-16)21-5-4-13(3)20-17(21)22/h6-10H,3-5H2,1-2H3,(H,20,22). The lowest BCUT2D eigenvalue weighted by Gasteiger charge is -2.28. The molecule has 3 rings (SSSR count). The lowest BCUT2D eigenvalue weighted by Crippen LogP contribution is -2.45. The van der Waals surface area contributed by atoms with E-state index in [2.05, 4.69) is 27.9 Å². The summed E-state index contributed by atoms with van der Waals surface area (Å²) in [4.78, 5) is 21.9. The average Bonchev–Trinajstić information content (AvgIpc) is 2.47. The number of anilines is 1. The van der Waals surface area contributed by atoms with Crippen LogP contribution in [0.15, 0.2) is 42.9 Å². The molecule has 0 radical (unpaired) electrons. The topological polar surface area (TPSA) is 67.3 Å². The number of aryl methyl sites for hydroxylation is 2. The van der Waals surface area contributed by atoms with Crippen LogP contribution in [-0.2, 0) is 0 Å². The number of carbonyl (C=O) groups excluding carboxylic acids is 1. The van der Waals surface area contributed by atoms with Gasteiger partial charge in [-0.05, 0) is 37.1 Å². The predicted octanol–water partition coefficient (Wildman–Crippen LogP) is 3.32. The zero-order chi connectivity index (χ0) is 16.4. The molecule has 0 bridgehead atoms. The number of urea groups is 1. The van der Waals surface area contributed by atoms with E-state index < -0.39 is 0 Å². The molecule has 0 atom stereocenters. The molecule has 1 aliphatic heterocycles. The average molecular weight is 310 g/mol. The van der Waals surface area contributed by atoms with Crippen molar-refractivity contribution in [2.45, 2.75) is 20.3 Å². The molecule has 0 spiro atoms. The van der Waals surface area contributed by atoms with Crippen LogP contribution >= 0.6 is 0 Å². The van der Waals surface area contributed by atoms with Gasteiger partial charge < -0.3 is 10.1 Å². The van der Waals surface area contributed by atoms with Gasteiger partial charge >= 0.3 is 12.0 Å². The first-order chi connectivity index (χ1) is 11.0. The number of nitrogens with one attached hydrogen (secondary N) is 1. The molecule has 1 N–H and O–H groups in total. The Morgan fingerprint density at radius 1 is 1.17 bits per heavy atom. The van der Waals surface area contributed by atoms with Crippen LogP contribution in [0, 0.1) is 13.8 Å². The number of ether oxygens (including phenoxy) is 1. The Hall–Kier alpha value is -2.89. The van der Waals surface area contributed by atoms with Gasteiger partial charge in [0.2, 0.25) is 0 Å². The minimum absolute atomic E-state index is 0.215. The minimum Gasteiger partial charge on any atom is -0.424 e. The number of amides is 2. The van der Waals surface area contributed by atoms with Crippen LogP contribution in [0.1, 0.15) is 17.5 Å². The normalized spacial score (nSPS) is 14.6. The van der Waals surface area contributed by atoms with Crippen molar-refractivity contribution in [2.24, 2.45) is 0 Å². The summed E-state index contributed by atoms with van der Waals surface area (Å²) in [6.45, 7) is 8.33. The molecule has 6 nitrogen and oxygen atoms in total. The highest BCUT2D eigenvalue weighted by atomic mass is 16.5. The van der Waals surface area contributed by atoms with Crippen molar-refractivity contribution in [1.82, 2.24) is 15.3 Å². The molecule has 1 aromatic heterocycles. The Balaban J connectivity index is 1.74. The fraction of sp³-hybridized carbons (Fsp3) is 0.235. The summed E-state index contributed by atoms with van der Waals surface area (Å²) in [5.41, 5.74) is 3.58. The molecule has 1 fully saturated rings. The van der Waals surface area contributed by atoms with Crippen molar-refractivity contribution in [1.29, 1.82) is 0 Å². The molecule has 6 heteroatoms. The summed E-state index contributed by atoms with van der Waals surface area (Å²) in [5.74, 6) is 0.697. The minimum atomic E-state index is -0.215. The fourth-order valence-electron chi connectivity index (χ4n) is 2.47. The molecule has 1 saturated heterocycles. The van der Waals surface area contributed by atoms with Gasteiger partial charge in [-0.2, -0.15) is 0 Å². The molecule has 0 aliphatic carbocycles. The van der Waals surface area contributed by atoms with E-state index >= 15 is 0 Å². The smallest absolute Gasteiger partial charge is 0.326 e. The molecule has 118 valence electrons. The van der Waals surface area contributed by atoms with Gasteiger partial charge in [0.15, 0.2) is 0 Å². The first-order valence-electron chi connectivity index (χ1n) is 7.36. The lowest BCUT2D eigenvalue weighted by atomic mass is 10.1. The summed E-state index contributed by atoms with van der Waals surface area (Å²) in [6, 6.07) is 5.95. The van der Waals surface area contributed by atoms with Crippen LogP contribution < -0.4 is 15.0 Å². The molecule has 2 amide bonds. The zero-order valence-electron chi connectivity index (χ0n) is 13.2. The first-order valence-corrected chi connectivity index (χ1v) is 7.36. The van der Waals surface area contributed by atoms with Gasteiger partial charge in [-0.25, -0.2) is 14.8 Å². The van der Waals surface area contributed by atoms with E-state index in [9.17, 15) is 4.79 Å². The van der Waals surface area contributed by atoms with E-state index in [0.717, 1.165) is 16.8 Å². The quantitative estimate of drug-likeness (QED) is 0.944. The zero-order valence-corrected chi connectivity index (χ0v) is 13.2. The molecule has 23 heavy (non-hydrogen) atoms. The number of aromatic nitrogens is 2. The summed E-state index contributed by atoms with van der Waals surface area (Å²) in [6.07, 6.45) is 3.86. The van der Waals surface area contributed by atoms with E-state index in [0.29, 0.717) is 24.4 Å². The van der Waals surface area contributed by atoms with Gasteiger partial charge in [0.05, 0.1) is 18.1 Å². The molecule has 2 aromatic rings.